The van der Waals surface area contributed by atoms with E-state index in [2.05, 4.69) is 11.4 Å². The van der Waals surface area contributed by atoms with Crippen molar-refractivity contribution in [2.24, 2.45) is 0 Å². The molecule has 0 aromatic heterocycles. The quantitative estimate of drug-likeness (QED) is 0.423. The SMILES string of the molecule is CC.CC.COC1=C(C(=O)NC2=CC=CC=CC2)N(C)S(=O)(=O)C2=C1CC(C)=[C-]2.[CH3-].[Y].[Y].[Y].[Y].[Y].[Y].[Y]. The maximum atomic E-state index is 12.8. The number of carbonyl (C=O) groups excluding carboxylic acids is 1. The number of methoxy groups -OCH3 is 1. The zero-order chi connectivity index (χ0) is 22.2. The molecule has 3 aliphatic rings. The van der Waals surface area contributed by atoms with Crippen LogP contribution in [0.1, 0.15) is 47.5 Å². The number of hydrogen-bond donors (Lipinski definition) is 1. The summed E-state index contributed by atoms with van der Waals surface area (Å²) in [6.45, 7) is 9.80. The predicted octanol–water partition coefficient (Wildman–Crippen LogP) is 4.53. The Morgan fingerprint density at radius 2 is 1.49 bits per heavy atom. The summed E-state index contributed by atoms with van der Waals surface area (Å²) in [6.07, 6.45) is 13.1. The van der Waals surface area contributed by atoms with Gasteiger partial charge in [0.15, 0.2) is 0 Å². The molecule has 14 heteroatoms. The van der Waals surface area contributed by atoms with Crippen LogP contribution in [0.4, 0.5) is 0 Å². The summed E-state index contributed by atoms with van der Waals surface area (Å²) in [6, 6.07) is 0. The fourth-order valence-corrected chi connectivity index (χ4v) is 4.41. The van der Waals surface area contributed by atoms with Crippen LogP contribution in [0.15, 0.2) is 63.6 Å². The second kappa shape index (κ2) is 32.6. The van der Waals surface area contributed by atoms with Crippen LogP contribution in [-0.2, 0) is 249 Å². The Hall–Kier alpha value is 5.19. The Kier molecular flexibility index (Phi) is 53.9. The van der Waals surface area contributed by atoms with Crippen LogP contribution in [0.5, 0.6) is 0 Å². The molecule has 0 spiro atoms. The average Bonchev–Trinajstić information content (AvgIpc) is 2.94. The maximum Gasteiger partial charge on any atom is 0.274 e. The van der Waals surface area contributed by atoms with E-state index in [4.69, 9.17) is 4.74 Å². The summed E-state index contributed by atoms with van der Waals surface area (Å²) >= 11 is 0. The Morgan fingerprint density at radius 3 is 1.97 bits per heavy atom. The van der Waals surface area contributed by atoms with Crippen LogP contribution < -0.4 is 5.32 Å². The van der Waals surface area contributed by atoms with Crippen LogP contribution in [0, 0.1) is 13.5 Å². The van der Waals surface area contributed by atoms with E-state index in [1.165, 1.54) is 14.2 Å². The number of nitrogens with zero attached hydrogens (tertiary/aromatic N) is 1. The Bertz CT molecular complexity index is 943. The van der Waals surface area contributed by atoms with Gasteiger partial charge in [0.2, 0.25) is 10.0 Å². The van der Waals surface area contributed by atoms with E-state index < -0.39 is 15.9 Å². The third kappa shape index (κ3) is 17.5. The summed E-state index contributed by atoms with van der Waals surface area (Å²) in [5.74, 6) is -0.247. The smallest absolute Gasteiger partial charge is 0.274 e. The van der Waals surface area contributed by atoms with Crippen molar-refractivity contribution in [1.82, 2.24) is 9.62 Å². The molecule has 37 heavy (non-hydrogen) atoms. The molecular weight excluding hydrogens is 1020 g/mol. The Balaban J connectivity index is -0.000000112. The zero-order valence-electron chi connectivity index (χ0n) is 23.3. The molecule has 0 bridgehead atoms. The van der Waals surface area contributed by atoms with Gasteiger partial charge in [-0.05, 0) is 6.08 Å². The molecule has 1 aliphatic heterocycles. The minimum absolute atomic E-state index is 0. The van der Waals surface area contributed by atoms with E-state index in [0.29, 0.717) is 24.1 Å². The minimum Gasteiger partial charge on any atom is -0.513 e. The van der Waals surface area contributed by atoms with Gasteiger partial charge in [-0.2, -0.15) is 5.57 Å². The molecule has 0 unspecified atom stereocenters. The van der Waals surface area contributed by atoms with E-state index in [-0.39, 0.29) is 253 Å². The topological polar surface area (TPSA) is 75.7 Å². The van der Waals surface area contributed by atoms with E-state index in [1.807, 2.05) is 52.0 Å². The van der Waals surface area contributed by atoms with Crippen molar-refractivity contribution >= 4 is 15.9 Å². The molecule has 189 valence electrons. The second-order valence-corrected chi connectivity index (χ2v) is 7.81. The first kappa shape index (κ1) is 61.2. The molecule has 2 aliphatic carbocycles. The number of sulfonamides is 1. The fraction of sp³-hybridized carbons (Fsp3) is 0.391. The van der Waals surface area contributed by atoms with Crippen molar-refractivity contribution < 1.29 is 247 Å². The van der Waals surface area contributed by atoms with Gasteiger partial charge in [-0.1, -0.05) is 70.2 Å². The van der Waals surface area contributed by atoms with Gasteiger partial charge in [-0.25, -0.2) is 14.5 Å². The van der Waals surface area contributed by atoms with Crippen molar-refractivity contribution in [2.75, 3.05) is 14.2 Å². The van der Waals surface area contributed by atoms with Gasteiger partial charge in [0.1, 0.15) is 5.70 Å². The summed E-state index contributed by atoms with van der Waals surface area (Å²) in [4.78, 5) is 12.9. The first-order chi connectivity index (χ1) is 13.9. The normalized spacial score (nSPS) is 14.9. The summed E-state index contributed by atoms with van der Waals surface area (Å²) in [5.41, 5.74) is 1.93. The maximum absolute atomic E-state index is 12.8. The summed E-state index contributed by atoms with van der Waals surface area (Å²) in [5, 5.41) is 2.78. The molecule has 0 atom stereocenters. The predicted molar refractivity (Wildman–Crippen MR) is 123 cm³/mol. The number of allylic oxidation sites excluding steroid dienone is 8. The van der Waals surface area contributed by atoms with Crippen LogP contribution in [0.25, 0.3) is 0 Å². The Labute approximate surface area is 402 Å². The average molecular weight is 1060 g/mol. The Morgan fingerprint density at radius 1 is 0.973 bits per heavy atom. The van der Waals surface area contributed by atoms with E-state index in [0.717, 1.165) is 9.88 Å². The monoisotopic (exact) mass is 1060 g/mol. The number of hydrogen-bond acceptors (Lipinski definition) is 4. The number of carbonyl (C=O) groups is 1. The molecule has 0 aromatic carbocycles. The molecule has 0 aromatic rings. The number of amides is 1. The first-order valence-electron chi connectivity index (χ1n) is 9.80. The van der Waals surface area contributed by atoms with Gasteiger partial charge in [0.05, 0.1) is 12.9 Å². The van der Waals surface area contributed by atoms with E-state index in [9.17, 15) is 13.2 Å². The largest absolute Gasteiger partial charge is 0.513 e. The third-order valence-electron chi connectivity index (χ3n) is 4.15. The zero-order valence-corrected chi connectivity index (χ0v) is 44.0. The molecule has 1 N–H and O–H groups in total. The molecule has 0 fully saturated rings. The van der Waals surface area contributed by atoms with Crippen LogP contribution >= 0.6 is 0 Å². The fourth-order valence-electron chi connectivity index (χ4n) is 2.95. The van der Waals surface area contributed by atoms with Gasteiger partial charge in [-0.3, -0.25) is 9.10 Å². The molecule has 3 rings (SSSR count). The molecule has 6 nitrogen and oxygen atoms in total. The minimum atomic E-state index is -3.82. The van der Waals surface area contributed by atoms with Crippen molar-refractivity contribution in [1.29, 1.82) is 0 Å². The standard InChI is InChI=1S/C18H19N2O4S.2C2H6.CH3.7Y/c1-12-10-14-15(11-12)25(22,23)20(2)16(17(14)24-3)18(21)19-13-8-6-4-5-7-9-13;2*1-2;;;;;;;;/h4-8H,9-10H2,1-3H3,(H,19,21);2*1-2H3;1H3;;;;;;;/q-1;;;-1;;;;;;;. The number of ether oxygens (including phenoxy) is 1. The molecule has 0 saturated carbocycles. The summed E-state index contributed by atoms with van der Waals surface area (Å²) < 4.78 is 31.9. The van der Waals surface area contributed by atoms with Crippen molar-refractivity contribution in [3.05, 3.63) is 77.1 Å². The third-order valence-corrected chi connectivity index (χ3v) is 5.92. The van der Waals surface area contributed by atoms with Gasteiger partial charge < -0.3 is 17.5 Å². The molecular formula is C23H34N2O4SY7-2. The van der Waals surface area contributed by atoms with Gasteiger partial charge in [0, 0.05) is 248 Å². The van der Waals surface area contributed by atoms with Gasteiger partial charge in [-0.15, -0.1) is 5.57 Å². The number of nitrogens with one attached hydrogen (secondary N) is 1. The van der Waals surface area contributed by atoms with Crippen molar-refractivity contribution in [2.45, 2.75) is 47.5 Å². The van der Waals surface area contributed by atoms with E-state index >= 15 is 0 Å². The van der Waals surface area contributed by atoms with Crippen molar-refractivity contribution in [3.63, 3.8) is 0 Å². The van der Waals surface area contributed by atoms with Crippen LogP contribution in [-0.4, -0.2) is 32.8 Å². The number of rotatable bonds is 3. The second-order valence-electron chi connectivity index (χ2n) is 5.91. The number of likely N-dealkylation sites (N-methyl/N-ethyl adjacent to an activating group) is 1. The molecule has 1 amide bonds. The van der Waals surface area contributed by atoms with Crippen LogP contribution in [0.2, 0.25) is 0 Å². The summed E-state index contributed by atoms with van der Waals surface area (Å²) in [7, 11) is -1.04. The molecule has 0 saturated heterocycles. The molecule has 1 heterocycles. The van der Waals surface area contributed by atoms with Gasteiger partial charge in [0.25, 0.3) is 5.91 Å². The van der Waals surface area contributed by atoms with Gasteiger partial charge >= 0.3 is 0 Å². The van der Waals surface area contributed by atoms with Crippen molar-refractivity contribution in [3.8, 4) is 0 Å². The molecule has 7 radical (unpaired) electrons. The first-order valence-corrected chi connectivity index (χ1v) is 11.2. The van der Waals surface area contributed by atoms with E-state index in [1.54, 1.807) is 13.0 Å². The van der Waals surface area contributed by atoms with Crippen LogP contribution in [0.3, 0.4) is 0 Å².